The van der Waals surface area contributed by atoms with E-state index in [0.29, 0.717) is 44.4 Å². The van der Waals surface area contributed by atoms with Crippen molar-refractivity contribution in [3.63, 3.8) is 0 Å². The minimum atomic E-state index is -0.408. The van der Waals surface area contributed by atoms with Crippen LogP contribution in [0.3, 0.4) is 0 Å². The summed E-state index contributed by atoms with van der Waals surface area (Å²) in [5.41, 5.74) is 8.20. The first-order valence-electron chi connectivity index (χ1n) is 21.3. The molecule has 9 aromatic carbocycles. The Hall–Kier alpha value is -6.48. The summed E-state index contributed by atoms with van der Waals surface area (Å²) >= 11 is 7.00. The lowest BCUT2D eigenvalue weighted by atomic mass is 9.77. The third-order valence-electron chi connectivity index (χ3n) is 13.1. The number of hydrogen-bond acceptors (Lipinski definition) is 4. The fourth-order valence-corrected chi connectivity index (χ4v) is 10.4. The first-order valence-corrected chi connectivity index (χ1v) is 22.9. The van der Waals surface area contributed by atoms with E-state index in [2.05, 4.69) is 122 Å². The van der Waals surface area contributed by atoms with Crippen molar-refractivity contribution in [2.45, 2.75) is 52.4 Å². The standard InChI is InChI=1S/C56H40Br2N2O4/c1-55(2,3)31-11-7-29(8-12-31)41-27-43-47-39(51(61)59(53(43)63)35-19-15-33(57)16-20-35)26-24-38-46-42(30-9-13-32(14-10-30)56(4,5)6)28-44-48-40(25-23-37(50(46)48)45(41)49(38)47)52(62)60(54(44)64)36-21-17-34(58)18-22-36/h7-28H,1-6H3. The molecule has 6 nitrogen and oxygen atoms in total. The summed E-state index contributed by atoms with van der Waals surface area (Å²) in [7, 11) is 0. The van der Waals surface area contributed by atoms with Crippen molar-refractivity contribution in [3.8, 4) is 22.3 Å². The Balaban J connectivity index is 1.30. The molecule has 0 spiro atoms. The highest BCUT2D eigenvalue weighted by molar-refractivity contribution is 9.10. The van der Waals surface area contributed by atoms with E-state index in [1.807, 2.05) is 60.7 Å². The molecule has 0 fully saturated rings. The van der Waals surface area contributed by atoms with Crippen LogP contribution in [0, 0.1) is 0 Å². The summed E-state index contributed by atoms with van der Waals surface area (Å²) in [6, 6.07) is 42.9. The zero-order chi connectivity index (χ0) is 44.7. The first kappa shape index (κ1) is 40.3. The highest BCUT2D eigenvalue weighted by atomic mass is 79.9. The largest absolute Gasteiger partial charge is 0.268 e. The Morgan fingerprint density at radius 3 is 1.00 bits per heavy atom. The van der Waals surface area contributed by atoms with Crippen molar-refractivity contribution in [2.24, 2.45) is 0 Å². The molecule has 9 aromatic rings. The lowest BCUT2D eigenvalue weighted by molar-refractivity contribution is 0.0877. The summed E-state index contributed by atoms with van der Waals surface area (Å²) in [4.78, 5) is 62.1. The number of carbonyl (C=O) groups is 4. The predicted octanol–water partition coefficient (Wildman–Crippen LogP) is 14.8. The van der Waals surface area contributed by atoms with Gasteiger partial charge < -0.3 is 0 Å². The summed E-state index contributed by atoms with van der Waals surface area (Å²) in [6.07, 6.45) is 0. The van der Waals surface area contributed by atoms with Crippen LogP contribution in [0.4, 0.5) is 11.4 Å². The molecule has 0 atom stereocenters. The van der Waals surface area contributed by atoms with Crippen molar-refractivity contribution in [1.82, 2.24) is 0 Å². The molecule has 312 valence electrons. The summed E-state index contributed by atoms with van der Waals surface area (Å²) in [5.74, 6) is -1.63. The first-order chi connectivity index (χ1) is 30.5. The van der Waals surface area contributed by atoms with Crippen molar-refractivity contribution in [2.75, 3.05) is 9.80 Å². The molecule has 0 radical (unpaired) electrons. The molecule has 2 aliphatic rings. The fourth-order valence-electron chi connectivity index (χ4n) is 9.87. The molecule has 2 aliphatic heterocycles. The molecule has 8 heteroatoms. The fraction of sp³-hybridized carbons (Fsp3) is 0.143. The predicted molar refractivity (Wildman–Crippen MR) is 266 cm³/mol. The molecular weight excluding hydrogens is 924 g/mol. The highest BCUT2D eigenvalue weighted by Crippen LogP contribution is 2.52. The monoisotopic (exact) mass is 962 g/mol. The molecule has 4 amide bonds. The van der Waals surface area contributed by atoms with Crippen LogP contribution >= 0.6 is 31.9 Å². The van der Waals surface area contributed by atoms with Gasteiger partial charge >= 0.3 is 0 Å². The van der Waals surface area contributed by atoms with Gasteiger partial charge in [-0.1, -0.05) is 134 Å². The zero-order valence-electron chi connectivity index (χ0n) is 36.0. The number of halogens is 2. The molecule has 0 saturated carbocycles. The molecule has 2 heterocycles. The lowest BCUT2D eigenvalue weighted by Crippen LogP contribution is -2.40. The topological polar surface area (TPSA) is 74.8 Å². The van der Waals surface area contributed by atoms with Crippen molar-refractivity contribution < 1.29 is 19.2 Å². The molecular formula is C56H40Br2N2O4. The number of fused-ring (bicyclic) bond motifs is 2. The average Bonchev–Trinajstić information content (AvgIpc) is 3.27. The van der Waals surface area contributed by atoms with Gasteiger partial charge in [0.25, 0.3) is 23.6 Å². The molecule has 0 aromatic heterocycles. The van der Waals surface area contributed by atoms with Crippen LogP contribution < -0.4 is 9.80 Å². The minimum absolute atomic E-state index is 0.0957. The molecule has 0 saturated heterocycles. The lowest BCUT2D eigenvalue weighted by Gasteiger charge is -2.32. The molecule has 11 rings (SSSR count). The maximum atomic E-state index is 15.0. The van der Waals surface area contributed by atoms with Gasteiger partial charge in [-0.05, 0) is 149 Å². The Kier molecular flexibility index (Phi) is 8.82. The average molecular weight is 965 g/mol. The van der Waals surface area contributed by atoms with Crippen LogP contribution in [0.25, 0.3) is 65.3 Å². The van der Waals surface area contributed by atoms with Gasteiger partial charge in [0.1, 0.15) is 0 Å². The van der Waals surface area contributed by atoms with Crippen LogP contribution in [-0.4, -0.2) is 23.6 Å². The van der Waals surface area contributed by atoms with Crippen LogP contribution in [0.1, 0.15) is 94.1 Å². The highest BCUT2D eigenvalue weighted by Gasteiger charge is 2.40. The van der Waals surface area contributed by atoms with E-state index in [9.17, 15) is 9.59 Å². The molecule has 0 aliphatic carbocycles. The number of nitrogens with zero attached hydrogens (tertiary/aromatic N) is 2. The van der Waals surface area contributed by atoms with E-state index < -0.39 is 23.6 Å². The Morgan fingerprint density at radius 2 is 0.672 bits per heavy atom. The van der Waals surface area contributed by atoms with Gasteiger partial charge in [-0.2, -0.15) is 0 Å². The van der Waals surface area contributed by atoms with E-state index >= 15 is 9.59 Å². The Bertz CT molecular complexity index is 3290. The second kappa shape index (κ2) is 14.0. The van der Waals surface area contributed by atoms with Gasteiger partial charge in [0.2, 0.25) is 0 Å². The second-order valence-electron chi connectivity index (χ2n) is 19.0. The SMILES string of the molecule is CC(C)(C)c1ccc(-c2cc3c4c(ccc5c6c(-c7ccc(C(C)(C)C)cc7)cc7c8c(ccc(c2c45)c86)C(=O)N(c2ccc(Br)cc2)C7=O)C(=O)N(c2ccc(Br)cc2)C3=O)cc1. The van der Waals surface area contributed by atoms with E-state index in [1.54, 1.807) is 24.3 Å². The van der Waals surface area contributed by atoms with Crippen molar-refractivity contribution >= 4 is 110 Å². The van der Waals surface area contributed by atoms with Gasteiger partial charge in [-0.15, -0.1) is 0 Å². The number of amides is 4. The Labute approximate surface area is 387 Å². The smallest absolute Gasteiger partial charge is 0.266 e. The second-order valence-corrected chi connectivity index (χ2v) is 20.8. The number of rotatable bonds is 4. The number of imide groups is 2. The van der Waals surface area contributed by atoms with Gasteiger partial charge in [-0.25, -0.2) is 9.80 Å². The van der Waals surface area contributed by atoms with Gasteiger partial charge in [0.05, 0.1) is 11.4 Å². The van der Waals surface area contributed by atoms with E-state index in [4.69, 9.17) is 0 Å². The van der Waals surface area contributed by atoms with Gasteiger partial charge in [0.15, 0.2) is 0 Å². The Morgan fingerprint density at radius 1 is 0.344 bits per heavy atom. The minimum Gasteiger partial charge on any atom is -0.268 e. The normalized spacial score (nSPS) is 14.3. The number of benzene rings is 9. The number of anilines is 2. The van der Waals surface area contributed by atoms with E-state index in [0.717, 1.165) is 74.6 Å². The number of carbonyl (C=O) groups excluding carboxylic acids is 4. The summed E-state index contributed by atoms with van der Waals surface area (Å²) in [6.45, 7) is 13.1. The van der Waals surface area contributed by atoms with Crippen LogP contribution in [0.2, 0.25) is 0 Å². The third-order valence-corrected chi connectivity index (χ3v) is 14.2. The summed E-state index contributed by atoms with van der Waals surface area (Å²) < 4.78 is 1.67. The van der Waals surface area contributed by atoms with Crippen LogP contribution in [0.5, 0.6) is 0 Å². The molecule has 0 N–H and O–H groups in total. The van der Waals surface area contributed by atoms with Crippen LogP contribution in [0.15, 0.2) is 142 Å². The molecule has 0 bridgehead atoms. The van der Waals surface area contributed by atoms with E-state index in [1.165, 1.54) is 9.80 Å². The third kappa shape index (κ3) is 5.88. The van der Waals surface area contributed by atoms with Gasteiger partial charge in [0, 0.05) is 42.0 Å². The van der Waals surface area contributed by atoms with Crippen molar-refractivity contribution in [1.29, 1.82) is 0 Å². The summed E-state index contributed by atoms with van der Waals surface area (Å²) in [5, 5.41) is 6.09. The van der Waals surface area contributed by atoms with Crippen LogP contribution in [-0.2, 0) is 10.8 Å². The van der Waals surface area contributed by atoms with E-state index in [-0.39, 0.29) is 10.8 Å². The van der Waals surface area contributed by atoms with Crippen molar-refractivity contribution in [3.05, 3.63) is 176 Å². The maximum absolute atomic E-state index is 15.0. The zero-order valence-corrected chi connectivity index (χ0v) is 39.2. The number of hydrogen-bond donors (Lipinski definition) is 0. The quantitative estimate of drug-likeness (QED) is 0.100. The van der Waals surface area contributed by atoms with Gasteiger partial charge in [-0.3, -0.25) is 19.2 Å². The maximum Gasteiger partial charge on any atom is 0.266 e. The molecule has 0 unspecified atom stereocenters. The molecule has 64 heavy (non-hydrogen) atoms.